The fourth-order valence-corrected chi connectivity index (χ4v) is 3.92. The fraction of sp³-hybridized carbons (Fsp3) is 0.842. The van der Waals surface area contributed by atoms with E-state index in [0.29, 0.717) is 6.42 Å². The first-order chi connectivity index (χ1) is 12.2. The van der Waals surface area contributed by atoms with Crippen LogP contribution in [0.25, 0.3) is 0 Å². The molecule has 27 heavy (non-hydrogen) atoms. The molecular formula is C19H33N3O4S. The van der Waals surface area contributed by atoms with Crippen molar-refractivity contribution in [1.29, 1.82) is 5.26 Å². The van der Waals surface area contributed by atoms with Gasteiger partial charge in [-0.2, -0.15) is 5.26 Å². The van der Waals surface area contributed by atoms with E-state index in [0.717, 1.165) is 0 Å². The lowest BCUT2D eigenvalue weighted by Gasteiger charge is -2.32. The van der Waals surface area contributed by atoms with Crippen molar-refractivity contribution < 1.29 is 18.5 Å². The number of alkyl carbamates (subject to hydrolysis) is 1. The smallest absolute Gasteiger partial charge is 0.408 e. The maximum atomic E-state index is 13.2. The predicted molar refractivity (Wildman–Crippen MR) is 105 cm³/mol. The van der Waals surface area contributed by atoms with Crippen molar-refractivity contribution >= 4 is 22.8 Å². The number of hydrogen-bond donors (Lipinski definition) is 1. The lowest BCUT2D eigenvalue weighted by molar-refractivity contribution is -0.134. The molecular weight excluding hydrogens is 366 g/mol. The number of likely N-dealkylation sites (tertiary alicyclic amines) is 1. The lowest BCUT2D eigenvalue weighted by Crippen LogP contribution is -2.55. The van der Waals surface area contributed by atoms with Gasteiger partial charge in [0.2, 0.25) is 5.91 Å². The Balaban J connectivity index is 3.09. The van der Waals surface area contributed by atoms with Crippen LogP contribution in [0.3, 0.4) is 0 Å². The van der Waals surface area contributed by atoms with E-state index in [4.69, 9.17) is 4.74 Å². The number of carbonyl (C=O) groups is 2. The topological polar surface area (TPSA) is 99.5 Å². The highest BCUT2D eigenvalue weighted by molar-refractivity contribution is 7.86. The van der Waals surface area contributed by atoms with Crippen molar-refractivity contribution in [2.75, 3.05) is 5.75 Å². The van der Waals surface area contributed by atoms with Gasteiger partial charge in [0.1, 0.15) is 17.7 Å². The third kappa shape index (κ3) is 6.49. The molecule has 5 atom stereocenters. The van der Waals surface area contributed by atoms with Gasteiger partial charge in [-0.25, -0.2) is 4.79 Å². The third-order valence-electron chi connectivity index (χ3n) is 4.59. The number of amides is 2. The van der Waals surface area contributed by atoms with Gasteiger partial charge in [-0.05, 0) is 60.8 Å². The molecule has 1 fully saturated rings. The summed E-state index contributed by atoms with van der Waals surface area (Å²) in [5.74, 6) is -0.243. The Morgan fingerprint density at radius 3 is 2.26 bits per heavy atom. The molecule has 1 aliphatic rings. The average molecular weight is 400 g/mol. The highest BCUT2D eigenvalue weighted by atomic mass is 32.2. The summed E-state index contributed by atoms with van der Waals surface area (Å²) in [6.45, 7) is 14.5. The van der Waals surface area contributed by atoms with Crippen LogP contribution in [-0.2, 0) is 20.3 Å². The molecule has 0 spiro atoms. The van der Waals surface area contributed by atoms with Gasteiger partial charge in [-0.3, -0.25) is 9.00 Å². The molecule has 1 saturated heterocycles. The number of nitrogens with one attached hydrogen (secondary N) is 1. The van der Waals surface area contributed by atoms with E-state index in [1.54, 1.807) is 20.8 Å². The number of ether oxygens (including phenoxy) is 1. The first-order valence-electron chi connectivity index (χ1n) is 9.27. The molecule has 8 heteroatoms. The Labute approximate surface area is 165 Å². The van der Waals surface area contributed by atoms with Gasteiger partial charge in [0, 0.05) is 21.6 Å². The van der Waals surface area contributed by atoms with E-state index in [1.165, 1.54) is 4.90 Å². The normalized spacial score (nSPS) is 25.4. The second kappa shape index (κ2) is 8.59. The molecule has 0 aromatic rings. The molecule has 1 unspecified atom stereocenters. The van der Waals surface area contributed by atoms with Crippen LogP contribution in [0.4, 0.5) is 4.79 Å². The molecule has 1 aliphatic heterocycles. The molecule has 0 radical (unpaired) electrons. The molecule has 1 rings (SSSR count). The van der Waals surface area contributed by atoms with Gasteiger partial charge in [-0.15, -0.1) is 0 Å². The quantitative estimate of drug-likeness (QED) is 0.783. The highest BCUT2D eigenvalue weighted by Gasteiger charge is 2.43. The molecule has 1 N–H and O–H groups in total. The molecule has 2 amide bonds. The fourth-order valence-electron chi connectivity index (χ4n) is 2.90. The summed E-state index contributed by atoms with van der Waals surface area (Å²) >= 11 is 0. The molecule has 0 bridgehead atoms. The maximum Gasteiger partial charge on any atom is 0.408 e. The van der Waals surface area contributed by atoms with Crippen LogP contribution < -0.4 is 5.32 Å². The first-order valence-corrected chi connectivity index (χ1v) is 10.6. The minimum atomic E-state index is -1.36. The molecule has 0 aromatic carbocycles. The molecule has 0 aliphatic carbocycles. The molecule has 7 nitrogen and oxygen atoms in total. The van der Waals surface area contributed by atoms with Crippen LogP contribution in [0.15, 0.2) is 0 Å². The van der Waals surface area contributed by atoms with Crippen LogP contribution in [0.5, 0.6) is 0 Å². The van der Waals surface area contributed by atoms with E-state index in [2.05, 4.69) is 11.4 Å². The van der Waals surface area contributed by atoms with Crippen molar-refractivity contribution in [3.05, 3.63) is 0 Å². The third-order valence-corrected chi connectivity index (χ3v) is 6.59. The molecule has 154 valence electrons. The van der Waals surface area contributed by atoms with Crippen LogP contribution in [0.2, 0.25) is 0 Å². The minimum Gasteiger partial charge on any atom is -0.444 e. The first kappa shape index (κ1) is 23.4. The van der Waals surface area contributed by atoms with Gasteiger partial charge < -0.3 is 15.0 Å². The largest absolute Gasteiger partial charge is 0.444 e. The number of nitrogens with zero attached hydrogens (tertiary/aromatic N) is 2. The van der Waals surface area contributed by atoms with Crippen LogP contribution in [0.1, 0.15) is 61.8 Å². The van der Waals surface area contributed by atoms with Crippen molar-refractivity contribution in [2.45, 2.75) is 90.3 Å². The minimum absolute atomic E-state index is 0.0304. The monoisotopic (exact) mass is 399 g/mol. The van der Waals surface area contributed by atoms with E-state index in [-0.39, 0.29) is 23.6 Å². The van der Waals surface area contributed by atoms with Crippen molar-refractivity contribution in [3.8, 4) is 6.07 Å². The second-order valence-electron chi connectivity index (χ2n) is 9.17. The number of carbonyl (C=O) groups excluding carboxylic acids is 2. The standard InChI is InChI=1S/C19H33N3O4S/c1-12-9-14(10-20)22(13(12)2)16(23)15(11-27(25)19(6,7)8)21-17(24)26-18(3,4)5/h12-15H,9,11H2,1-8H3,(H,21,24)/t12-,13-,14-,15-,27?/m0/s1. The van der Waals surface area contributed by atoms with E-state index in [9.17, 15) is 19.1 Å². The van der Waals surface area contributed by atoms with Crippen molar-refractivity contribution in [3.63, 3.8) is 0 Å². The van der Waals surface area contributed by atoms with Gasteiger partial charge in [0.15, 0.2) is 0 Å². The highest BCUT2D eigenvalue weighted by Crippen LogP contribution is 2.30. The summed E-state index contributed by atoms with van der Waals surface area (Å²) in [5, 5.41) is 12.0. The number of rotatable bonds is 4. The lowest BCUT2D eigenvalue weighted by atomic mass is 10.0. The maximum absolute atomic E-state index is 13.2. The van der Waals surface area contributed by atoms with Gasteiger partial charge >= 0.3 is 6.09 Å². The average Bonchev–Trinajstić information content (AvgIpc) is 2.77. The molecule has 0 aromatic heterocycles. The summed E-state index contributed by atoms with van der Waals surface area (Å²) in [6.07, 6.45) is -0.148. The Morgan fingerprint density at radius 1 is 1.26 bits per heavy atom. The van der Waals surface area contributed by atoms with Crippen molar-refractivity contribution in [1.82, 2.24) is 10.2 Å². The molecule has 0 saturated carbocycles. The molecule has 1 heterocycles. The van der Waals surface area contributed by atoms with E-state index < -0.39 is 39.3 Å². The Bertz CT molecular complexity index is 630. The Kier molecular flexibility index (Phi) is 7.45. The summed E-state index contributed by atoms with van der Waals surface area (Å²) in [5.41, 5.74) is -0.717. The zero-order chi connectivity index (χ0) is 21.2. The van der Waals surface area contributed by atoms with Gasteiger partial charge in [-0.1, -0.05) is 6.92 Å². The summed E-state index contributed by atoms with van der Waals surface area (Å²) in [4.78, 5) is 27.0. The van der Waals surface area contributed by atoms with Crippen LogP contribution >= 0.6 is 0 Å². The zero-order valence-corrected chi connectivity index (χ0v) is 18.5. The summed E-state index contributed by atoms with van der Waals surface area (Å²) in [6, 6.07) is 0.481. The van der Waals surface area contributed by atoms with E-state index in [1.807, 2.05) is 34.6 Å². The predicted octanol–water partition coefficient (Wildman–Crippen LogP) is 2.58. The Morgan fingerprint density at radius 2 is 1.81 bits per heavy atom. The van der Waals surface area contributed by atoms with Crippen molar-refractivity contribution in [2.24, 2.45) is 5.92 Å². The van der Waals surface area contributed by atoms with Crippen LogP contribution in [-0.4, -0.2) is 55.3 Å². The second-order valence-corrected chi connectivity index (χ2v) is 11.4. The van der Waals surface area contributed by atoms with Gasteiger partial charge in [0.25, 0.3) is 0 Å². The van der Waals surface area contributed by atoms with Crippen LogP contribution in [0, 0.1) is 17.2 Å². The summed E-state index contributed by atoms with van der Waals surface area (Å²) < 4.78 is 17.4. The zero-order valence-electron chi connectivity index (χ0n) is 17.7. The number of nitriles is 1. The Hall–Kier alpha value is -1.62. The number of hydrogen-bond acceptors (Lipinski definition) is 5. The SMILES string of the molecule is C[C@H]1C[C@@H](C#N)N(C(=O)[C@H](CS(=O)C(C)(C)C)NC(=O)OC(C)(C)C)[C@H]1C. The van der Waals surface area contributed by atoms with E-state index >= 15 is 0 Å². The van der Waals surface area contributed by atoms with Gasteiger partial charge in [0.05, 0.1) is 11.8 Å². The summed E-state index contributed by atoms with van der Waals surface area (Å²) in [7, 11) is -1.36.